The SMILES string of the molecule is Cc1cc(C)cc(C(C)NC2CCN(S(C)(=O)=O)CC2)c1. The van der Waals surface area contributed by atoms with E-state index < -0.39 is 10.0 Å². The second-order valence-electron chi connectivity index (χ2n) is 6.25. The number of aryl methyl sites for hydroxylation is 2. The summed E-state index contributed by atoms with van der Waals surface area (Å²) in [4.78, 5) is 0. The van der Waals surface area contributed by atoms with Crippen molar-refractivity contribution in [2.45, 2.75) is 45.7 Å². The lowest BCUT2D eigenvalue weighted by molar-refractivity contribution is 0.278. The summed E-state index contributed by atoms with van der Waals surface area (Å²) in [6, 6.07) is 7.30. The maximum atomic E-state index is 11.5. The normalized spacial score (nSPS) is 19.6. The zero-order valence-electron chi connectivity index (χ0n) is 13.4. The Morgan fingerprint density at radius 1 is 1.14 bits per heavy atom. The molecule has 0 radical (unpaired) electrons. The van der Waals surface area contributed by atoms with Crippen molar-refractivity contribution in [1.82, 2.24) is 9.62 Å². The van der Waals surface area contributed by atoms with Crippen molar-refractivity contribution in [3.05, 3.63) is 34.9 Å². The number of hydrogen-bond donors (Lipinski definition) is 1. The maximum absolute atomic E-state index is 11.5. The molecule has 1 aromatic rings. The Balaban J connectivity index is 1.94. The maximum Gasteiger partial charge on any atom is 0.211 e. The summed E-state index contributed by atoms with van der Waals surface area (Å²) in [5, 5.41) is 3.64. The number of nitrogens with one attached hydrogen (secondary N) is 1. The van der Waals surface area contributed by atoms with Gasteiger partial charge in [-0.05, 0) is 39.2 Å². The molecule has 1 fully saturated rings. The third-order valence-electron chi connectivity index (χ3n) is 4.15. The van der Waals surface area contributed by atoms with E-state index in [1.54, 1.807) is 4.31 Å². The lowest BCUT2D eigenvalue weighted by Gasteiger charge is -2.32. The number of sulfonamides is 1. The van der Waals surface area contributed by atoms with Crippen molar-refractivity contribution in [2.24, 2.45) is 0 Å². The average Bonchev–Trinajstić information content (AvgIpc) is 2.37. The van der Waals surface area contributed by atoms with Gasteiger partial charge in [0.15, 0.2) is 0 Å². The quantitative estimate of drug-likeness (QED) is 0.929. The molecule has 21 heavy (non-hydrogen) atoms. The van der Waals surface area contributed by atoms with Crippen molar-refractivity contribution >= 4 is 10.0 Å². The van der Waals surface area contributed by atoms with Crippen LogP contribution in [0.25, 0.3) is 0 Å². The third-order valence-corrected chi connectivity index (χ3v) is 5.46. The molecule has 0 aromatic heterocycles. The van der Waals surface area contributed by atoms with Gasteiger partial charge in [-0.25, -0.2) is 12.7 Å². The summed E-state index contributed by atoms with van der Waals surface area (Å²) in [7, 11) is -3.04. The van der Waals surface area contributed by atoms with E-state index in [1.807, 2.05) is 0 Å². The van der Waals surface area contributed by atoms with Gasteiger partial charge in [0, 0.05) is 25.2 Å². The van der Waals surface area contributed by atoms with Crippen LogP contribution in [0.15, 0.2) is 18.2 Å². The van der Waals surface area contributed by atoms with Gasteiger partial charge in [0.05, 0.1) is 6.26 Å². The van der Waals surface area contributed by atoms with Gasteiger partial charge in [0.2, 0.25) is 10.0 Å². The van der Waals surface area contributed by atoms with Crippen molar-refractivity contribution in [3.8, 4) is 0 Å². The lowest BCUT2D eigenvalue weighted by Crippen LogP contribution is -2.45. The number of piperidine rings is 1. The predicted molar refractivity (Wildman–Crippen MR) is 86.9 cm³/mol. The minimum Gasteiger partial charge on any atom is -0.307 e. The van der Waals surface area contributed by atoms with Crippen molar-refractivity contribution < 1.29 is 8.42 Å². The smallest absolute Gasteiger partial charge is 0.211 e. The van der Waals surface area contributed by atoms with Crippen LogP contribution in [0, 0.1) is 13.8 Å². The fraction of sp³-hybridized carbons (Fsp3) is 0.625. The highest BCUT2D eigenvalue weighted by molar-refractivity contribution is 7.88. The number of rotatable bonds is 4. The lowest BCUT2D eigenvalue weighted by atomic mass is 10.00. The molecule has 0 aliphatic carbocycles. The number of benzene rings is 1. The molecule has 0 bridgehead atoms. The summed E-state index contributed by atoms with van der Waals surface area (Å²) in [5.74, 6) is 0. The fourth-order valence-corrected chi connectivity index (χ4v) is 3.94. The Hall–Kier alpha value is -0.910. The zero-order valence-corrected chi connectivity index (χ0v) is 14.2. The topological polar surface area (TPSA) is 49.4 Å². The Morgan fingerprint density at radius 2 is 1.67 bits per heavy atom. The van der Waals surface area contributed by atoms with Crippen LogP contribution >= 0.6 is 0 Å². The molecular weight excluding hydrogens is 284 g/mol. The Bertz CT molecular complexity index is 570. The molecule has 118 valence electrons. The molecule has 2 rings (SSSR count). The molecule has 1 aliphatic heterocycles. The Kier molecular flexibility index (Phi) is 5.07. The molecule has 0 amide bonds. The van der Waals surface area contributed by atoms with Crippen LogP contribution < -0.4 is 5.32 Å². The highest BCUT2D eigenvalue weighted by Crippen LogP contribution is 2.20. The first-order chi connectivity index (χ1) is 9.75. The molecule has 1 unspecified atom stereocenters. The predicted octanol–water partition coefficient (Wildman–Crippen LogP) is 2.38. The average molecular weight is 310 g/mol. The fourth-order valence-electron chi connectivity index (χ4n) is 3.06. The van der Waals surface area contributed by atoms with E-state index in [-0.39, 0.29) is 0 Å². The van der Waals surface area contributed by atoms with Crippen LogP contribution in [0.2, 0.25) is 0 Å². The minimum absolute atomic E-state index is 0.290. The van der Waals surface area contributed by atoms with Gasteiger partial charge >= 0.3 is 0 Å². The third kappa shape index (κ3) is 4.53. The van der Waals surface area contributed by atoms with E-state index in [9.17, 15) is 8.42 Å². The van der Waals surface area contributed by atoms with Gasteiger partial charge in [0.1, 0.15) is 0 Å². The van der Waals surface area contributed by atoms with Crippen LogP contribution in [0.5, 0.6) is 0 Å². The van der Waals surface area contributed by atoms with Crippen LogP contribution in [-0.4, -0.2) is 38.1 Å². The second-order valence-corrected chi connectivity index (χ2v) is 8.23. The molecule has 1 saturated heterocycles. The summed E-state index contributed by atoms with van der Waals surface area (Å²) in [6.45, 7) is 7.66. The molecule has 1 N–H and O–H groups in total. The molecule has 1 aromatic carbocycles. The highest BCUT2D eigenvalue weighted by Gasteiger charge is 2.25. The first-order valence-electron chi connectivity index (χ1n) is 7.55. The van der Waals surface area contributed by atoms with Crippen molar-refractivity contribution in [3.63, 3.8) is 0 Å². The highest BCUT2D eigenvalue weighted by atomic mass is 32.2. The van der Waals surface area contributed by atoms with Crippen molar-refractivity contribution in [1.29, 1.82) is 0 Å². The molecule has 4 nitrogen and oxygen atoms in total. The monoisotopic (exact) mass is 310 g/mol. The first-order valence-corrected chi connectivity index (χ1v) is 9.40. The van der Waals surface area contributed by atoms with E-state index in [2.05, 4.69) is 44.3 Å². The van der Waals surface area contributed by atoms with Crippen LogP contribution in [0.3, 0.4) is 0 Å². The zero-order chi connectivity index (χ0) is 15.6. The van der Waals surface area contributed by atoms with Gasteiger partial charge in [-0.3, -0.25) is 0 Å². The molecular formula is C16H26N2O2S. The molecule has 5 heteroatoms. The van der Waals surface area contributed by atoms with Crippen LogP contribution in [-0.2, 0) is 10.0 Å². The summed E-state index contributed by atoms with van der Waals surface area (Å²) in [6.07, 6.45) is 3.04. The van der Waals surface area contributed by atoms with Gasteiger partial charge < -0.3 is 5.32 Å². The largest absolute Gasteiger partial charge is 0.307 e. The van der Waals surface area contributed by atoms with Crippen LogP contribution in [0.1, 0.15) is 42.5 Å². The van der Waals surface area contributed by atoms with Gasteiger partial charge in [-0.15, -0.1) is 0 Å². The standard InChI is InChI=1S/C16H26N2O2S/c1-12-9-13(2)11-15(10-12)14(3)17-16-5-7-18(8-6-16)21(4,19)20/h9-11,14,16-17H,5-8H2,1-4H3. The van der Waals surface area contributed by atoms with Gasteiger partial charge in [-0.2, -0.15) is 0 Å². The minimum atomic E-state index is -3.04. The van der Waals surface area contributed by atoms with Crippen molar-refractivity contribution in [2.75, 3.05) is 19.3 Å². The Morgan fingerprint density at radius 3 is 2.14 bits per heavy atom. The van der Waals surface area contributed by atoms with Gasteiger partial charge in [-0.1, -0.05) is 29.3 Å². The summed E-state index contributed by atoms with van der Waals surface area (Å²) in [5.41, 5.74) is 3.87. The second kappa shape index (κ2) is 6.46. The molecule has 1 atom stereocenters. The van der Waals surface area contributed by atoms with Crippen LogP contribution in [0.4, 0.5) is 0 Å². The number of hydrogen-bond acceptors (Lipinski definition) is 3. The summed E-state index contributed by atoms with van der Waals surface area (Å²) < 4.78 is 24.6. The van der Waals surface area contributed by atoms with E-state index in [1.165, 1.54) is 22.9 Å². The van der Waals surface area contributed by atoms with E-state index in [4.69, 9.17) is 0 Å². The number of nitrogens with zero attached hydrogens (tertiary/aromatic N) is 1. The van der Waals surface area contributed by atoms with E-state index in [0.717, 1.165) is 12.8 Å². The Labute approximate surface area is 128 Å². The summed E-state index contributed by atoms with van der Waals surface area (Å²) >= 11 is 0. The molecule has 1 aliphatic rings. The van der Waals surface area contributed by atoms with E-state index >= 15 is 0 Å². The molecule has 0 spiro atoms. The first kappa shape index (κ1) is 16.5. The van der Waals surface area contributed by atoms with E-state index in [0.29, 0.717) is 25.2 Å². The molecule has 0 saturated carbocycles. The molecule has 1 heterocycles. The van der Waals surface area contributed by atoms with Gasteiger partial charge in [0.25, 0.3) is 0 Å².